The molecule has 4 aromatic rings. The van der Waals surface area contributed by atoms with E-state index in [4.69, 9.17) is 19.5 Å². The molecule has 10 nitrogen and oxygen atoms in total. The molecule has 206 valence electrons. The van der Waals surface area contributed by atoms with Crippen LogP contribution >= 0.6 is 0 Å². The second kappa shape index (κ2) is 10.8. The van der Waals surface area contributed by atoms with Gasteiger partial charge >= 0.3 is 18.1 Å². The number of hydrogen-bond donors (Lipinski definition) is 2. The Labute approximate surface area is 220 Å². The molecule has 0 fully saturated rings. The van der Waals surface area contributed by atoms with Gasteiger partial charge in [0.05, 0.1) is 12.1 Å². The predicted molar refractivity (Wildman–Crippen MR) is 134 cm³/mol. The number of halogens is 3. The molecule has 39 heavy (non-hydrogen) atoms. The summed E-state index contributed by atoms with van der Waals surface area (Å²) in [7, 11) is 0. The summed E-state index contributed by atoms with van der Waals surface area (Å²) in [4.78, 5) is 26.6. The number of hydrogen-bond acceptors (Lipinski definition) is 7. The van der Waals surface area contributed by atoms with Gasteiger partial charge in [-0.3, -0.25) is 14.4 Å². The van der Waals surface area contributed by atoms with E-state index in [0.717, 1.165) is 46.1 Å². The summed E-state index contributed by atoms with van der Waals surface area (Å²) in [5, 5.41) is 26.1. The Bertz CT molecular complexity index is 1530. The van der Waals surface area contributed by atoms with Crippen molar-refractivity contribution in [1.29, 1.82) is 0 Å². The molecule has 0 amide bonds. The van der Waals surface area contributed by atoms with Crippen molar-refractivity contribution in [2.75, 3.05) is 13.1 Å². The van der Waals surface area contributed by atoms with Crippen LogP contribution in [0.25, 0.3) is 33.7 Å². The molecule has 2 N–H and O–H groups in total. The minimum Gasteiger partial charge on any atom is -0.480 e. The number of carboxylic acid groups (broad SMARTS) is 2. The SMILES string of the molecule is Cc1c(-c2noc(-c3ccc4nn(C(C)C)cc4c3)n2)ccc2c1CCN(CC(=O)O)C2.O=C(O)C(F)(F)F. The van der Waals surface area contributed by atoms with Crippen LogP contribution in [0.5, 0.6) is 0 Å². The van der Waals surface area contributed by atoms with Crippen LogP contribution in [-0.4, -0.2) is 66.2 Å². The normalized spacial score (nSPS) is 13.7. The lowest BCUT2D eigenvalue weighted by molar-refractivity contribution is -0.192. The largest absolute Gasteiger partial charge is 0.490 e. The van der Waals surface area contributed by atoms with Gasteiger partial charge < -0.3 is 14.7 Å². The summed E-state index contributed by atoms with van der Waals surface area (Å²) in [6, 6.07) is 10.3. The van der Waals surface area contributed by atoms with Crippen molar-refractivity contribution >= 4 is 22.8 Å². The van der Waals surface area contributed by atoms with Gasteiger partial charge in [0.2, 0.25) is 5.82 Å². The first-order valence-corrected chi connectivity index (χ1v) is 12.0. The molecular formula is C26H26F3N5O5. The van der Waals surface area contributed by atoms with Gasteiger partial charge in [-0.1, -0.05) is 17.3 Å². The van der Waals surface area contributed by atoms with Crippen molar-refractivity contribution in [2.24, 2.45) is 0 Å². The zero-order valence-electron chi connectivity index (χ0n) is 21.4. The Kier molecular flexibility index (Phi) is 7.72. The van der Waals surface area contributed by atoms with Crippen LogP contribution in [-0.2, 0) is 22.6 Å². The molecule has 0 spiro atoms. The molecule has 2 aromatic carbocycles. The Balaban J connectivity index is 0.000000448. The van der Waals surface area contributed by atoms with Gasteiger partial charge in [0, 0.05) is 41.8 Å². The van der Waals surface area contributed by atoms with Crippen molar-refractivity contribution in [3.63, 3.8) is 0 Å². The molecule has 1 aliphatic heterocycles. The highest BCUT2D eigenvalue weighted by molar-refractivity contribution is 5.83. The van der Waals surface area contributed by atoms with E-state index in [2.05, 4.69) is 36.0 Å². The molecule has 0 unspecified atom stereocenters. The maximum atomic E-state index is 11.0. The lowest BCUT2D eigenvalue weighted by atomic mass is 9.91. The van der Waals surface area contributed by atoms with Crippen molar-refractivity contribution in [3.8, 4) is 22.8 Å². The van der Waals surface area contributed by atoms with E-state index in [0.29, 0.717) is 24.3 Å². The summed E-state index contributed by atoms with van der Waals surface area (Å²) < 4.78 is 39.3. The molecule has 13 heteroatoms. The Morgan fingerprint density at radius 3 is 2.51 bits per heavy atom. The average Bonchev–Trinajstić information content (AvgIpc) is 3.51. The van der Waals surface area contributed by atoms with Gasteiger partial charge in [0.25, 0.3) is 5.89 Å². The minimum atomic E-state index is -5.08. The number of benzene rings is 2. The molecule has 0 saturated carbocycles. The number of carbonyl (C=O) groups is 2. The summed E-state index contributed by atoms with van der Waals surface area (Å²) in [5.74, 6) is -2.52. The molecule has 5 rings (SSSR count). The number of nitrogens with zero attached hydrogens (tertiary/aromatic N) is 5. The molecule has 1 aliphatic rings. The first kappa shape index (κ1) is 27.8. The van der Waals surface area contributed by atoms with Gasteiger partial charge in [-0.05, 0) is 62.1 Å². The van der Waals surface area contributed by atoms with Crippen LogP contribution in [0.15, 0.2) is 41.1 Å². The Hall–Kier alpha value is -4.26. The second-order valence-electron chi connectivity index (χ2n) is 9.43. The van der Waals surface area contributed by atoms with Crippen LogP contribution in [0.4, 0.5) is 13.2 Å². The van der Waals surface area contributed by atoms with Crippen molar-refractivity contribution < 1.29 is 37.5 Å². The highest BCUT2D eigenvalue weighted by Gasteiger charge is 2.38. The molecule has 2 aromatic heterocycles. The van der Waals surface area contributed by atoms with Crippen LogP contribution < -0.4 is 0 Å². The molecule has 3 heterocycles. The number of aromatic nitrogens is 4. The summed E-state index contributed by atoms with van der Waals surface area (Å²) in [5.41, 5.74) is 6.27. The van der Waals surface area contributed by atoms with E-state index in [1.807, 2.05) is 46.1 Å². The van der Waals surface area contributed by atoms with Crippen LogP contribution in [0.3, 0.4) is 0 Å². The quantitative estimate of drug-likeness (QED) is 0.365. The lowest BCUT2D eigenvalue weighted by Gasteiger charge is -2.28. The maximum Gasteiger partial charge on any atom is 0.490 e. The van der Waals surface area contributed by atoms with Crippen molar-refractivity contribution in [2.45, 2.75) is 46.0 Å². The predicted octanol–water partition coefficient (Wildman–Crippen LogP) is 4.72. The van der Waals surface area contributed by atoms with E-state index in [9.17, 15) is 18.0 Å². The van der Waals surface area contributed by atoms with E-state index in [-0.39, 0.29) is 6.54 Å². The number of alkyl halides is 3. The number of fused-ring (bicyclic) bond motifs is 2. The lowest BCUT2D eigenvalue weighted by Crippen LogP contribution is -2.35. The van der Waals surface area contributed by atoms with E-state index < -0.39 is 18.1 Å². The van der Waals surface area contributed by atoms with E-state index in [1.165, 1.54) is 5.56 Å². The maximum absolute atomic E-state index is 11.0. The molecule has 0 aliphatic carbocycles. The van der Waals surface area contributed by atoms with Gasteiger partial charge in [0.15, 0.2) is 0 Å². The number of carboxylic acids is 2. The monoisotopic (exact) mass is 545 g/mol. The molecular weight excluding hydrogens is 519 g/mol. The Morgan fingerprint density at radius 2 is 1.87 bits per heavy atom. The second-order valence-corrected chi connectivity index (χ2v) is 9.43. The standard InChI is InChI=1S/C24H25N5O3.C2HF3O2/c1-14(2)29-12-18-10-16(5-7-21(18)26-29)24-25-23(27-32-24)20-6-4-17-11-28(13-22(30)31)9-8-19(17)15(20)3;3-2(4,5)1(6)7/h4-7,10,12,14H,8-9,11,13H2,1-3H3,(H,30,31);(H,6,7). The van der Waals surface area contributed by atoms with Crippen LogP contribution in [0, 0.1) is 6.92 Å². The molecule has 0 radical (unpaired) electrons. The van der Waals surface area contributed by atoms with Gasteiger partial charge in [0.1, 0.15) is 0 Å². The molecule has 0 saturated heterocycles. The zero-order chi connectivity index (χ0) is 28.5. The first-order valence-electron chi connectivity index (χ1n) is 12.0. The summed E-state index contributed by atoms with van der Waals surface area (Å²) in [6.07, 6.45) is -2.24. The molecule has 0 bridgehead atoms. The first-order chi connectivity index (χ1) is 18.3. The van der Waals surface area contributed by atoms with E-state index >= 15 is 0 Å². The summed E-state index contributed by atoms with van der Waals surface area (Å²) in [6.45, 7) is 7.71. The third-order valence-corrected chi connectivity index (χ3v) is 6.33. The number of rotatable bonds is 5. The molecule has 0 atom stereocenters. The fraction of sp³-hybridized carbons (Fsp3) is 0.346. The fourth-order valence-electron chi connectivity index (χ4n) is 4.36. The minimum absolute atomic E-state index is 0.0643. The zero-order valence-corrected chi connectivity index (χ0v) is 21.4. The van der Waals surface area contributed by atoms with Crippen LogP contribution in [0.2, 0.25) is 0 Å². The highest BCUT2D eigenvalue weighted by atomic mass is 19.4. The summed E-state index contributed by atoms with van der Waals surface area (Å²) >= 11 is 0. The van der Waals surface area contributed by atoms with Crippen LogP contribution in [0.1, 0.15) is 36.6 Å². The van der Waals surface area contributed by atoms with E-state index in [1.54, 1.807) is 0 Å². The van der Waals surface area contributed by atoms with Crippen molar-refractivity contribution in [1.82, 2.24) is 24.8 Å². The highest BCUT2D eigenvalue weighted by Crippen LogP contribution is 2.31. The third kappa shape index (κ3) is 6.25. The number of aliphatic carboxylic acids is 2. The van der Waals surface area contributed by atoms with Crippen molar-refractivity contribution in [3.05, 3.63) is 53.2 Å². The van der Waals surface area contributed by atoms with Gasteiger partial charge in [-0.15, -0.1) is 0 Å². The van der Waals surface area contributed by atoms with Gasteiger partial charge in [-0.2, -0.15) is 23.3 Å². The topological polar surface area (TPSA) is 135 Å². The smallest absolute Gasteiger partial charge is 0.480 e. The average molecular weight is 546 g/mol. The fourth-order valence-corrected chi connectivity index (χ4v) is 4.36. The third-order valence-electron chi connectivity index (χ3n) is 6.33. The van der Waals surface area contributed by atoms with Gasteiger partial charge in [-0.25, -0.2) is 4.79 Å². The Morgan fingerprint density at radius 1 is 1.15 bits per heavy atom.